The molecule has 3 nitrogen and oxygen atoms in total. The van der Waals surface area contributed by atoms with Gasteiger partial charge in [-0.2, -0.15) is 0 Å². The molecule has 0 radical (unpaired) electrons. The van der Waals surface area contributed by atoms with Gasteiger partial charge in [0.1, 0.15) is 22.9 Å². The minimum atomic E-state index is -0.343. The van der Waals surface area contributed by atoms with Crippen LogP contribution < -0.4 is 0 Å². The van der Waals surface area contributed by atoms with Crippen molar-refractivity contribution in [3.63, 3.8) is 0 Å². The molecular weight excluding hydrogens is 259 g/mol. The molecule has 2 aromatic carbocycles. The van der Waals surface area contributed by atoms with E-state index in [0.29, 0.717) is 12.0 Å². The van der Waals surface area contributed by atoms with Gasteiger partial charge in [0.15, 0.2) is 5.78 Å². The number of hydrogen-bond acceptors (Lipinski definition) is 3. The van der Waals surface area contributed by atoms with Crippen LogP contribution in [0.25, 0.3) is 0 Å². The lowest BCUT2D eigenvalue weighted by atomic mass is 10.00. The Morgan fingerprint density at radius 1 is 1.10 bits per heavy atom. The van der Waals surface area contributed by atoms with Crippen LogP contribution in [0.1, 0.15) is 27.9 Å². The molecule has 0 aliphatic rings. The fourth-order valence-electron chi connectivity index (χ4n) is 2.07. The Bertz CT molecular complexity index is 610. The second-order valence-electron chi connectivity index (χ2n) is 4.73. The summed E-state index contributed by atoms with van der Waals surface area (Å²) in [6, 6.07) is 8.76. The van der Waals surface area contributed by atoms with Gasteiger partial charge in [-0.3, -0.25) is 4.79 Å². The fraction of sp³-hybridized carbons (Fsp3) is 0.188. The summed E-state index contributed by atoms with van der Waals surface area (Å²) in [7, 11) is 0. The lowest BCUT2D eigenvalue weighted by molar-refractivity contribution is 0.0977. The maximum Gasteiger partial charge on any atom is 0.170 e. The van der Waals surface area contributed by atoms with Gasteiger partial charge in [0.25, 0.3) is 0 Å². The number of phenolic OH excluding ortho intramolecular Hbond substituents is 2. The Labute approximate surface area is 116 Å². The number of Topliss-reactive ketones (excluding diaryl/α,β-unsaturated/α-hetero) is 1. The first-order valence-corrected chi connectivity index (χ1v) is 6.27. The zero-order valence-corrected chi connectivity index (χ0v) is 11.1. The van der Waals surface area contributed by atoms with E-state index in [9.17, 15) is 19.4 Å². The molecule has 0 bridgehead atoms. The Morgan fingerprint density at radius 2 is 1.65 bits per heavy atom. The maximum atomic E-state index is 12.8. The van der Waals surface area contributed by atoms with Gasteiger partial charge in [0.05, 0.1) is 0 Å². The first-order chi connectivity index (χ1) is 9.47. The predicted molar refractivity (Wildman–Crippen MR) is 73.6 cm³/mol. The van der Waals surface area contributed by atoms with Gasteiger partial charge in [0, 0.05) is 6.42 Å². The molecule has 0 amide bonds. The molecule has 0 saturated heterocycles. The van der Waals surface area contributed by atoms with Crippen LogP contribution in [0.3, 0.4) is 0 Å². The molecule has 0 heterocycles. The lowest BCUT2D eigenvalue weighted by Crippen LogP contribution is -2.02. The Morgan fingerprint density at radius 3 is 2.20 bits per heavy atom. The average molecular weight is 274 g/mol. The van der Waals surface area contributed by atoms with Crippen LogP contribution in [-0.4, -0.2) is 16.0 Å². The van der Waals surface area contributed by atoms with Crippen molar-refractivity contribution in [1.29, 1.82) is 0 Å². The molecule has 0 fully saturated rings. The number of halogens is 1. The van der Waals surface area contributed by atoms with Gasteiger partial charge < -0.3 is 10.2 Å². The molecule has 0 atom stereocenters. The summed E-state index contributed by atoms with van der Waals surface area (Å²) in [5, 5.41) is 19.5. The number of aryl methyl sites for hydroxylation is 2. The standard InChI is InChI=1S/C16H15FO3/c1-10-8-14(19)16(15(20)9-10)13(18)7-4-11-2-5-12(17)6-3-11/h2-3,5-6,8-9,19-20H,4,7H2,1H3. The highest BCUT2D eigenvalue weighted by Crippen LogP contribution is 2.30. The second kappa shape index (κ2) is 5.74. The number of benzene rings is 2. The van der Waals surface area contributed by atoms with Crippen LogP contribution in [0.15, 0.2) is 36.4 Å². The Kier molecular flexibility index (Phi) is 4.03. The normalized spacial score (nSPS) is 10.5. The van der Waals surface area contributed by atoms with E-state index in [1.165, 1.54) is 24.3 Å². The number of aromatic hydroxyl groups is 2. The van der Waals surface area contributed by atoms with Crippen molar-refractivity contribution in [1.82, 2.24) is 0 Å². The van der Waals surface area contributed by atoms with E-state index in [2.05, 4.69) is 0 Å². The topological polar surface area (TPSA) is 57.5 Å². The molecule has 2 N–H and O–H groups in total. The highest BCUT2D eigenvalue weighted by molar-refractivity contribution is 6.01. The third-order valence-corrected chi connectivity index (χ3v) is 3.07. The van der Waals surface area contributed by atoms with Crippen LogP contribution >= 0.6 is 0 Å². The molecule has 2 rings (SSSR count). The number of ketones is 1. The average Bonchev–Trinajstić information content (AvgIpc) is 2.37. The van der Waals surface area contributed by atoms with Crippen LogP contribution in [0.2, 0.25) is 0 Å². The molecule has 0 aliphatic heterocycles. The smallest absolute Gasteiger partial charge is 0.170 e. The van der Waals surface area contributed by atoms with Gasteiger partial charge >= 0.3 is 0 Å². The summed E-state index contributed by atoms with van der Waals surface area (Å²) in [5.74, 6) is -1.10. The molecular formula is C16H15FO3. The maximum absolute atomic E-state index is 12.8. The molecule has 0 saturated carbocycles. The molecule has 20 heavy (non-hydrogen) atoms. The largest absolute Gasteiger partial charge is 0.507 e. The summed E-state index contributed by atoms with van der Waals surface area (Å²) in [6.07, 6.45) is 0.557. The van der Waals surface area contributed by atoms with Crippen molar-refractivity contribution < 1.29 is 19.4 Å². The van der Waals surface area contributed by atoms with E-state index in [-0.39, 0.29) is 35.1 Å². The van der Waals surface area contributed by atoms with Crippen molar-refractivity contribution in [3.8, 4) is 11.5 Å². The Hall–Kier alpha value is -2.36. The summed E-state index contributed by atoms with van der Waals surface area (Å²) in [5.41, 5.74) is 1.44. The molecule has 104 valence electrons. The quantitative estimate of drug-likeness (QED) is 0.840. The van der Waals surface area contributed by atoms with E-state index in [4.69, 9.17) is 0 Å². The minimum Gasteiger partial charge on any atom is -0.507 e. The van der Waals surface area contributed by atoms with Crippen molar-refractivity contribution in [2.45, 2.75) is 19.8 Å². The van der Waals surface area contributed by atoms with Crippen LogP contribution in [0.5, 0.6) is 11.5 Å². The number of rotatable bonds is 4. The summed E-state index contributed by atoms with van der Waals surface area (Å²) >= 11 is 0. The van der Waals surface area contributed by atoms with Crippen molar-refractivity contribution in [2.24, 2.45) is 0 Å². The Balaban J connectivity index is 2.11. The first-order valence-electron chi connectivity index (χ1n) is 6.27. The van der Waals surface area contributed by atoms with Gasteiger partial charge in [-0.15, -0.1) is 0 Å². The zero-order chi connectivity index (χ0) is 14.7. The first kappa shape index (κ1) is 14.1. The third kappa shape index (κ3) is 3.15. The summed E-state index contributed by atoms with van der Waals surface area (Å²) in [6.45, 7) is 1.71. The third-order valence-electron chi connectivity index (χ3n) is 3.07. The number of carbonyl (C=O) groups excluding carboxylic acids is 1. The lowest BCUT2D eigenvalue weighted by Gasteiger charge is -2.08. The zero-order valence-electron chi connectivity index (χ0n) is 11.1. The molecule has 0 unspecified atom stereocenters. The molecule has 0 spiro atoms. The van der Waals surface area contributed by atoms with Crippen molar-refractivity contribution in [3.05, 3.63) is 58.9 Å². The fourth-order valence-corrected chi connectivity index (χ4v) is 2.07. The van der Waals surface area contributed by atoms with Crippen molar-refractivity contribution >= 4 is 5.78 Å². The van der Waals surface area contributed by atoms with E-state index < -0.39 is 0 Å². The van der Waals surface area contributed by atoms with Gasteiger partial charge in [-0.05, 0) is 48.7 Å². The number of carbonyl (C=O) groups is 1. The van der Waals surface area contributed by atoms with E-state index >= 15 is 0 Å². The molecule has 2 aromatic rings. The second-order valence-corrected chi connectivity index (χ2v) is 4.73. The highest BCUT2D eigenvalue weighted by atomic mass is 19.1. The predicted octanol–water partition coefficient (Wildman–Crippen LogP) is 3.36. The SMILES string of the molecule is Cc1cc(O)c(C(=O)CCc2ccc(F)cc2)c(O)c1. The van der Waals surface area contributed by atoms with E-state index in [1.807, 2.05) is 0 Å². The summed E-state index contributed by atoms with van der Waals surface area (Å²) in [4.78, 5) is 12.0. The van der Waals surface area contributed by atoms with Crippen LogP contribution in [0.4, 0.5) is 4.39 Å². The van der Waals surface area contributed by atoms with Crippen LogP contribution in [0, 0.1) is 12.7 Å². The van der Waals surface area contributed by atoms with Crippen molar-refractivity contribution in [2.75, 3.05) is 0 Å². The summed E-state index contributed by atoms with van der Waals surface area (Å²) < 4.78 is 12.8. The number of hydrogen-bond donors (Lipinski definition) is 2. The van der Waals surface area contributed by atoms with E-state index in [0.717, 1.165) is 5.56 Å². The van der Waals surface area contributed by atoms with Gasteiger partial charge in [-0.1, -0.05) is 12.1 Å². The number of phenols is 2. The monoisotopic (exact) mass is 274 g/mol. The van der Waals surface area contributed by atoms with Crippen LogP contribution in [-0.2, 0) is 6.42 Å². The molecule has 4 heteroatoms. The minimum absolute atomic E-state index is 0.0577. The molecule has 0 aliphatic carbocycles. The van der Waals surface area contributed by atoms with Gasteiger partial charge in [-0.25, -0.2) is 4.39 Å². The van der Waals surface area contributed by atoms with Gasteiger partial charge in [0.2, 0.25) is 0 Å². The van der Waals surface area contributed by atoms with E-state index in [1.54, 1.807) is 19.1 Å². The molecule has 0 aromatic heterocycles. The highest BCUT2D eigenvalue weighted by Gasteiger charge is 2.16.